The molecule has 0 radical (unpaired) electrons. The molecule has 0 saturated heterocycles. The first kappa shape index (κ1) is 16.5. The number of hydrogen-bond acceptors (Lipinski definition) is 4. The van der Waals surface area contributed by atoms with Crippen molar-refractivity contribution in [2.45, 2.75) is 31.9 Å². The third-order valence-electron chi connectivity index (χ3n) is 2.87. The third kappa shape index (κ3) is 5.61. The highest BCUT2D eigenvalue weighted by Gasteiger charge is 2.12. The zero-order valence-electron chi connectivity index (χ0n) is 11.8. The number of nitrogens with zero attached hydrogens (tertiary/aromatic N) is 1. The Labute approximate surface area is 123 Å². The van der Waals surface area contributed by atoms with Crippen LogP contribution in [-0.4, -0.2) is 23.1 Å². The molecule has 0 bridgehead atoms. The number of nitrogens with one attached hydrogen (secondary N) is 1. The molecule has 0 unspecified atom stereocenters. The number of nitro benzene ring substituents is 1. The lowest BCUT2D eigenvalue weighted by Gasteiger charge is -2.11. The molecule has 0 aliphatic heterocycles. The summed E-state index contributed by atoms with van der Waals surface area (Å²) in [6.45, 7) is 4.73. The second-order valence-electron chi connectivity index (χ2n) is 4.51. The summed E-state index contributed by atoms with van der Waals surface area (Å²) in [6, 6.07) is 6.55. The van der Waals surface area contributed by atoms with Crippen LogP contribution in [0, 0.1) is 10.1 Å². The Hall–Kier alpha value is -1.56. The number of thioether (sulfide) groups is 1. The van der Waals surface area contributed by atoms with Gasteiger partial charge in [-0.15, -0.1) is 11.8 Å². The normalized spacial score (nSPS) is 11.9. The van der Waals surface area contributed by atoms with E-state index in [-0.39, 0.29) is 16.8 Å². The van der Waals surface area contributed by atoms with Gasteiger partial charge in [-0.1, -0.05) is 25.5 Å². The molecule has 0 aliphatic rings. The van der Waals surface area contributed by atoms with E-state index >= 15 is 0 Å². The van der Waals surface area contributed by atoms with Gasteiger partial charge in [0.15, 0.2) is 0 Å². The van der Waals surface area contributed by atoms with Gasteiger partial charge in [0.25, 0.3) is 5.69 Å². The van der Waals surface area contributed by atoms with Gasteiger partial charge in [0.05, 0.1) is 10.7 Å². The number of rotatable bonds is 8. The molecule has 1 aromatic carbocycles. The zero-order chi connectivity index (χ0) is 15.0. The summed E-state index contributed by atoms with van der Waals surface area (Å²) in [5.74, 6) is 0.383. The van der Waals surface area contributed by atoms with Crippen molar-refractivity contribution in [2.24, 2.45) is 0 Å². The van der Waals surface area contributed by atoms with Gasteiger partial charge in [0, 0.05) is 23.9 Å². The highest BCUT2D eigenvalue weighted by molar-refractivity contribution is 8.00. The molecule has 110 valence electrons. The molecule has 0 heterocycles. The van der Waals surface area contributed by atoms with Gasteiger partial charge < -0.3 is 5.32 Å². The minimum absolute atomic E-state index is 0.0146. The fourth-order valence-corrected chi connectivity index (χ4v) is 2.49. The van der Waals surface area contributed by atoms with E-state index in [0.717, 1.165) is 18.4 Å². The minimum Gasteiger partial charge on any atom is -0.355 e. The summed E-state index contributed by atoms with van der Waals surface area (Å²) >= 11 is 1.48. The Balaban J connectivity index is 2.46. The lowest BCUT2D eigenvalue weighted by molar-refractivity contribution is -0.384. The number of nitro groups is 1. The quantitative estimate of drug-likeness (QED) is 0.454. The molecule has 1 N–H and O–H groups in total. The number of unbranched alkanes of at least 4 members (excludes halogenated alkanes) is 1. The average molecular weight is 296 g/mol. The van der Waals surface area contributed by atoms with Crippen LogP contribution in [0.25, 0.3) is 0 Å². The Kier molecular flexibility index (Phi) is 7.08. The maximum Gasteiger partial charge on any atom is 0.269 e. The summed E-state index contributed by atoms with van der Waals surface area (Å²) < 4.78 is 0. The second kappa shape index (κ2) is 8.58. The van der Waals surface area contributed by atoms with E-state index in [1.807, 2.05) is 13.0 Å². The average Bonchev–Trinajstić information content (AvgIpc) is 2.45. The van der Waals surface area contributed by atoms with Gasteiger partial charge in [0.1, 0.15) is 0 Å². The van der Waals surface area contributed by atoms with E-state index in [1.54, 1.807) is 12.1 Å². The molecular formula is C14H20N2O3S. The monoisotopic (exact) mass is 296 g/mol. The van der Waals surface area contributed by atoms with Crippen molar-refractivity contribution >= 4 is 23.4 Å². The SMILES string of the molecule is CCCCNC(=O)CS[C@@H](C)c1cccc([N+](=O)[O-])c1. The van der Waals surface area contributed by atoms with Crippen LogP contribution in [-0.2, 0) is 4.79 Å². The third-order valence-corrected chi connectivity index (χ3v) is 4.07. The fraction of sp³-hybridized carbons (Fsp3) is 0.500. The first-order chi connectivity index (χ1) is 9.54. The predicted molar refractivity (Wildman–Crippen MR) is 81.9 cm³/mol. The van der Waals surface area contributed by atoms with E-state index in [9.17, 15) is 14.9 Å². The van der Waals surface area contributed by atoms with Crippen LogP contribution in [0.15, 0.2) is 24.3 Å². The van der Waals surface area contributed by atoms with Gasteiger partial charge in [-0.05, 0) is 18.9 Å². The molecular weight excluding hydrogens is 276 g/mol. The van der Waals surface area contributed by atoms with Crippen molar-refractivity contribution in [1.29, 1.82) is 0 Å². The molecule has 5 nitrogen and oxygen atoms in total. The van der Waals surface area contributed by atoms with Gasteiger partial charge >= 0.3 is 0 Å². The van der Waals surface area contributed by atoms with E-state index < -0.39 is 4.92 Å². The number of carbonyl (C=O) groups is 1. The molecule has 0 saturated carbocycles. The van der Waals surface area contributed by atoms with Crippen LogP contribution < -0.4 is 5.32 Å². The minimum atomic E-state index is -0.404. The van der Waals surface area contributed by atoms with E-state index in [0.29, 0.717) is 12.3 Å². The van der Waals surface area contributed by atoms with Crippen molar-refractivity contribution in [2.75, 3.05) is 12.3 Å². The molecule has 0 fully saturated rings. The van der Waals surface area contributed by atoms with Gasteiger partial charge in [-0.2, -0.15) is 0 Å². The largest absolute Gasteiger partial charge is 0.355 e. The second-order valence-corrected chi connectivity index (χ2v) is 5.84. The lowest BCUT2D eigenvalue weighted by Crippen LogP contribution is -2.26. The van der Waals surface area contributed by atoms with Crippen LogP contribution in [0.3, 0.4) is 0 Å². The first-order valence-corrected chi connectivity index (χ1v) is 7.72. The van der Waals surface area contributed by atoms with E-state index in [2.05, 4.69) is 12.2 Å². The van der Waals surface area contributed by atoms with E-state index in [4.69, 9.17) is 0 Å². The predicted octanol–water partition coefficient (Wildman–Crippen LogP) is 3.31. The molecule has 1 atom stereocenters. The molecule has 0 spiro atoms. The molecule has 0 aromatic heterocycles. The van der Waals surface area contributed by atoms with Crippen LogP contribution in [0.5, 0.6) is 0 Å². The number of non-ortho nitro benzene ring substituents is 1. The molecule has 20 heavy (non-hydrogen) atoms. The molecule has 1 aromatic rings. The number of benzene rings is 1. The highest BCUT2D eigenvalue weighted by Crippen LogP contribution is 2.29. The summed E-state index contributed by atoms with van der Waals surface area (Å²) in [7, 11) is 0. The topological polar surface area (TPSA) is 72.2 Å². The highest BCUT2D eigenvalue weighted by atomic mass is 32.2. The summed E-state index contributed by atoms with van der Waals surface area (Å²) in [4.78, 5) is 21.9. The Morgan fingerprint density at radius 2 is 2.25 bits per heavy atom. The van der Waals surface area contributed by atoms with Gasteiger partial charge in [0.2, 0.25) is 5.91 Å². The van der Waals surface area contributed by atoms with Crippen molar-refractivity contribution in [3.05, 3.63) is 39.9 Å². The molecule has 1 amide bonds. The van der Waals surface area contributed by atoms with Crippen LogP contribution >= 0.6 is 11.8 Å². The van der Waals surface area contributed by atoms with Crippen molar-refractivity contribution < 1.29 is 9.72 Å². The Morgan fingerprint density at radius 3 is 2.90 bits per heavy atom. The summed E-state index contributed by atoms with van der Waals surface area (Å²) in [6.07, 6.45) is 2.04. The van der Waals surface area contributed by atoms with Gasteiger partial charge in [-0.3, -0.25) is 14.9 Å². The number of carbonyl (C=O) groups excluding carboxylic acids is 1. The smallest absolute Gasteiger partial charge is 0.269 e. The number of hydrogen-bond donors (Lipinski definition) is 1. The zero-order valence-corrected chi connectivity index (χ0v) is 12.6. The first-order valence-electron chi connectivity index (χ1n) is 6.67. The lowest BCUT2D eigenvalue weighted by atomic mass is 10.1. The van der Waals surface area contributed by atoms with Crippen LogP contribution in [0.2, 0.25) is 0 Å². The Bertz CT molecular complexity index is 465. The van der Waals surface area contributed by atoms with E-state index in [1.165, 1.54) is 17.8 Å². The maximum absolute atomic E-state index is 11.6. The van der Waals surface area contributed by atoms with Crippen molar-refractivity contribution in [3.8, 4) is 0 Å². The van der Waals surface area contributed by atoms with Crippen molar-refractivity contribution in [3.63, 3.8) is 0 Å². The summed E-state index contributed by atoms with van der Waals surface area (Å²) in [5.41, 5.74) is 0.952. The van der Waals surface area contributed by atoms with Crippen LogP contribution in [0.4, 0.5) is 5.69 Å². The molecule has 1 rings (SSSR count). The van der Waals surface area contributed by atoms with Crippen molar-refractivity contribution in [1.82, 2.24) is 5.32 Å². The Morgan fingerprint density at radius 1 is 1.50 bits per heavy atom. The molecule has 0 aliphatic carbocycles. The molecule has 6 heteroatoms. The van der Waals surface area contributed by atoms with Crippen LogP contribution in [0.1, 0.15) is 37.5 Å². The number of amides is 1. The maximum atomic E-state index is 11.6. The summed E-state index contributed by atoms with van der Waals surface area (Å²) in [5, 5.41) is 13.6. The standard InChI is InChI=1S/C14H20N2O3S/c1-3-4-8-15-14(17)10-20-11(2)12-6-5-7-13(9-12)16(18)19/h5-7,9,11H,3-4,8,10H2,1-2H3,(H,15,17)/t11-/m0/s1. The van der Waals surface area contributed by atoms with Gasteiger partial charge in [-0.25, -0.2) is 0 Å². The fourth-order valence-electron chi connectivity index (χ4n) is 1.64.